The molecular formula is C7H7BrF2N2O. The standard InChI is InChI=1S/C7H7BrF2N2O/c8-4-1-3(2-11)12-5(6(4)13)7(9)10/h1,7,13H,2,11H2. The predicted octanol–water partition coefficient (Wildman–Crippen LogP) is 1.95. The van der Waals surface area contributed by atoms with Crippen LogP contribution >= 0.6 is 15.9 Å². The molecule has 3 N–H and O–H groups in total. The Kier molecular flexibility index (Phi) is 3.16. The maximum atomic E-state index is 12.2. The van der Waals surface area contributed by atoms with E-state index in [4.69, 9.17) is 10.8 Å². The zero-order valence-corrected chi connectivity index (χ0v) is 8.05. The summed E-state index contributed by atoms with van der Waals surface area (Å²) in [5, 5.41) is 9.16. The Morgan fingerprint density at radius 3 is 2.69 bits per heavy atom. The smallest absolute Gasteiger partial charge is 0.284 e. The van der Waals surface area contributed by atoms with E-state index in [1.54, 1.807) is 0 Å². The maximum Gasteiger partial charge on any atom is 0.284 e. The molecule has 0 aliphatic rings. The van der Waals surface area contributed by atoms with E-state index in [-0.39, 0.29) is 11.0 Å². The minimum Gasteiger partial charge on any atom is -0.505 e. The number of halogens is 3. The lowest BCUT2D eigenvalue weighted by molar-refractivity contribution is 0.141. The van der Waals surface area contributed by atoms with Crippen LogP contribution in [-0.2, 0) is 6.54 Å². The first-order chi connectivity index (χ1) is 6.06. The second-order valence-electron chi connectivity index (χ2n) is 2.33. The van der Waals surface area contributed by atoms with Crippen LogP contribution in [0.5, 0.6) is 5.75 Å². The zero-order chi connectivity index (χ0) is 10.0. The number of hydrogen-bond donors (Lipinski definition) is 2. The number of alkyl halides is 2. The van der Waals surface area contributed by atoms with E-state index in [2.05, 4.69) is 20.9 Å². The van der Waals surface area contributed by atoms with Gasteiger partial charge in [-0.15, -0.1) is 0 Å². The van der Waals surface area contributed by atoms with Crippen molar-refractivity contribution in [3.63, 3.8) is 0 Å². The molecule has 1 aromatic rings. The fraction of sp³-hybridized carbons (Fsp3) is 0.286. The summed E-state index contributed by atoms with van der Waals surface area (Å²) < 4.78 is 24.7. The molecule has 1 aromatic heterocycles. The lowest BCUT2D eigenvalue weighted by atomic mass is 10.3. The minimum absolute atomic E-state index is 0.0542. The Labute approximate surface area is 81.7 Å². The van der Waals surface area contributed by atoms with Crippen LogP contribution in [0.25, 0.3) is 0 Å². The normalized spacial score (nSPS) is 10.8. The van der Waals surface area contributed by atoms with Gasteiger partial charge in [-0.2, -0.15) is 0 Å². The summed E-state index contributed by atoms with van der Waals surface area (Å²) >= 11 is 2.93. The van der Waals surface area contributed by atoms with Gasteiger partial charge in [0.2, 0.25) is 0 Å². The molecule has 0 amide bonds. The Morgan fingerprint density at radius 2 is 2.23 bits per heavy atom. The lowest BCUT2D eigenvalue weighted by Gasteiger charge is -2.06. The van der Waals surface area contributed by atoms with E-state index in [9.17, 15) is 8.78 Å². The third-order valence-corrected chi connectivity index (χ3v) is 2.05. The first-order valence-corrected chi connectivity index (χ1v) is 4.22. The topological polar surface area (TPSA) is 59.1 Å². The molecule has 0 aromatic carbocycles. The summed E-state index contributed by atoms with van der Waals surface area (Å²) in [4.78, 5) is 3.50. The van der Waals surface area contributed by atoms with E-state index >= 15 is 0 Å². The monoisotopic (exact) mass is 252 g/mol. The molecule has 0 aliphatic carbocycles. The Bertz CT molecular complexity index is 320. The van der Waals surface area contributed by atoms with Crippen molar-refractivity contribution >= 4 is 15.9 Å². The van der Waals surface area contributed by atoms with Crippen LogP contribution in [0.1, 0.15) is 17.8 Å². The van der Waals surface area contributed by atoms with Gasteiger partial charge in [0.1, 0.15) is 5.69 Å². The van der Waals surface area contributed by atoms with Gasteiger partial charge >= 0.3 is 0 Å². The molecule has 13 heavy (non-hydrogen) atoms. The van der Waals surface area contributed by atoms with Gasteiger partial charge in [0.25, 0.3) is 6.43 Å². The van der Waals surface area contributed by atoms with Crippen LogP contribution in [0.15, 0.2) is 10.5 Å². The van der Waals surface area contributed by atoms with Gasteiger partial charge in [-0.3, -0.25) is 0 Å². The number of pyridine rings is 1. The second kappa shape index (κ2) is 3.97. The Hall–Kier alpha value is -0.750. The highest BCUT2D eigenvalue weighted by atomic mass is 79.9. The van der Waals surface area contributed by atoms with Gasteiger partial charge in [-0.05, 0) is 22.0 Å². The number of rotatable bonds is 2. The van der Waals surface area contributed by atoms with Crippen LogP contribution in [-0.4, -0.2) is 10.1 Å². The van der Waals surface area contributed by atoms with Crippen molar-refractivity contribution in [2.75, 3.05) is 0 Å². The lowest BCUT2D eigenvalue weighted by Crippen LogP contribution is -2.03. The number of nitrogens with zero attached hydrogens (tertiary/aromatic N) is 1. The average Bonchev–Trinajstić information content (AvgIpc) is 2.09. The van der Waals surface area contributed by atoms with Gasteiger partial charge in [0.15, 0.2) is 5.75 Å². The molecule has 0 radical (unpaired) electrons. The van der Waals surface area contributed by atoms with Crippen molar-refractivity contribution in [1.29, 1.82) is 0 Å². The number of aromatic nitrogens is 1. The predicted molar refractivity (Wildman–Crippen MR) is 46.5 cm³/mol. The highest BCUT2D eigenvalue weighted by Crippen LogP contribution is 2.33. The molecule has 1 rings (SSSR count). The van der Waals surface area contributed by atoms with Crippen molar-refractivity contribution in [1.82, 2.24) is 4.98 Å². The van der Waals surface area contributed by atoms with Gasteiger partial charge < -0.3 is 10.8 Å². The van der Waals surface area contributed by atoms with Crippen molar-refractivity contribution in [3.8, 4) is 5.75 Å². The van der Waals surface area contributed by atoms with E-state index < -0.39 is 17.9 Å². The first-order valence-electron chi connectivity index (χ1n) is 3.42. The molecule has 0 unspecified atom stereocenters. The SMILES string of the molecule is NCc1cc(Br)c(O)c(C(F)F)n1. The van der Waals surface area contributed by atoms with Crippen molar-refractivity contribution in [2.45, 2.75) is 13.0 Å². The number of nitrogens with two attached hydrogens (primary N) is 1. The minimum atomic E-state index is -2.80. The molecule has 1 heterocycles. The molecule has 0 atom stereocenters. The molecule has 72 valence electrons. The average molecular weight is 253 g/mol. The maximum absolute atomic E-state index is 12.2. The van der Waals surface area contributed by atoms with Crippen molar-refractivity contribution in [2.24, 2.45) is 5.73 Å². The summed E-state index contributed by atoms with van der Waals surface area (Å²) in [5.41, 5.74) is 4.89. The zero-order valence-electron chi connectivity index (χ0n) is 6.47. The fourth-order valence-electron chi connectivity index (χ4n) is 0.834. The largest absolute Gasteiger partial charge is 0.505 e. The van der Waals surface area contributed by atoms with Gasteiger partial charge in [-0.25, -0.2) is 13.8 Å². The first kappa shape index (κ1) is 10.3. The third-order valence-electron chi connectivity index (χ3n) is 1.44. The van der Waals surface area contributed by atoms with Crippen LogP contribution < -0.4 is 5.73 Å². The fourth-order valence-corrected chi connectivity index (χ4v) is 1.30. The Balaban J connectivity index is 3.25. The van der Waals surface area contributed by atoms with E-state index in [0.717, 1.165) is 0 Å². The highest BCUT2D eigenvalue weighted by molar-refractivity contribution is 9.10. The summed E-state index contributed by atoms with van der Waals surface area (Å²) in [6, 6.07) is 1.40. The third kappa shape index (κ3) is 2.13. The molecule has 3 nitrogen and oxygen atoms in total. The van der Waals surface area contributed by atoms with Crippen LogP contribution in [0.2, 0.25) is 0 Å². The van der Waals surface area contributed by atoms with E-state index in [1.807, 2.05) is 0 Å². The van der Waals surface area contributed by atoms with Gasteiger partial charge in [-0.1, -0.05) is 0 Å². The van der Waals surface area contributed by atoms with Crippen molar-refractivity contribution < 1.29 is 13.9 Å². The number of hydrogen-bond acceptors (Lipinski definition) is 3. The quantitative estimate of drug-likeness (QED) is 0.846. The van der Waals surface area contributed by atoms with Gasteiger partial charge in [0, 0.05) is 6.54 Å². The Morgan fingerprint density at radius 1 is 1.62 bits per heavy atom. The molecule has 0 saturated heterocycles. The van der Waals surface area contributed by atoms with Crippen LogP contribution in [0, 0.1) is 0 Å². The summed E-state index contributed by atoms with van der Waals surface area (Å²) in [6.07, 6.45) is -2.80. The molecular weight excluding hydrogens is 246 g/mol. The molecule has 0 spiro atoms. The van der Waals surface area contributed by atoms with Gasteiger partial charge in [0.05, 0.1) is 10.2 Å². The number of aromatic hydroxyl groups is 1. The highest BCUT2D eigenvalue weighted by Gasteiger charge is 2.17. The summed E-state index contributed by atoms with van der Waals surface area (Å²) in [7, 11) is 0. The molecule has 6 heteroatoms. The van der Waals surface area contributed by atoms with Crippen molar-refractivity contribution in [3.05, 3.63) is 21.9 Å². The van der Waals surface area contributed by atoms with Crippen LogP contribution in [0.4, 0.5) is 8.78 Å². The molecule has 0 aliphatic heterocycles. The van der Waals surface area contributed by atoms with E-state index in [1.165, 1.54) is 6.07 Å². The second-order valence-corrected chi connectivity index (χ2v) is 3.19. The summed E-state index contributed by atoms with van der Waals surface area (Å²) in [5.74, 6) is -0.535. The summed E-state index contributed by atoms with van der Waals surface area (Å²) in [6.45, 7) is 0.0542. The van der Waals surface area contributed by atoms with Crippen LogP contribution in [0.3, 0.4) is 0 Å². The molecule has 0 bridgehead atoms. The van der Waals surface area contributed by atoms with E-state index in [0.29, 0.717) is 5.69 Å². The molecule has 0 fully saturated rings. The molecule has 0 saturated carbocycles.